The summed E-state index contributed by atoms with van der Waals surface area (Å²) in [5, 5.41) is 0. The molecule has 3 heteroatoms. The molecule has 0 bridgehead atoms. The van der Waals surface area contributed by atoms with E-state index in [9.17, 15) is 0 Å². The first-order valence-corrected chi connectivity index (χ1v) is 5.09. The van der Waals surface area contributed by atoms with Crippen molar-refractivity contribution >= 4 is 0 Å². The molecule has 0 aliphatic heterocycles. The molecule has 2 rings (SSSR count). The minimum atomic E-state index is 0.234. The third-order valence-electron chi connectivity index (χ3n) is 3.01. The van der Waals surface area contributed by atoms with Crippen LogP contribution in [-0.2, 0) is 0 Å². The van der Waals surface area contributed by atoms with Crippen molar-refractivity contribution in [3.05, 3.63) is 24.4 Å². The van der Waals surface area contributed by atoms with Crippen molar-refractivity contribution in [2.24, 2.45) is 11.1 Å². The zero-order chi connectivity index (χ0) is 9.86. The number of aromatic nitrogens is 1. The molecule has 1 aliphatic rings. The zero-order valence-corrected chi connectivity index (χ0v) is 8.28. The molecule has 0 unspecified atom stereocenters. The lowest BCUT2D eigenvalue weighted by Gasteiger charge is -2.40. The molecule has 0 saturated heterocycles. The molecule has 0 amide bonds. The second kappa shape index (κ2) is 3.96. The van der Waals surface area contributed by atoms with Gasteiger partial charge in [0, 0.05) is 24.2 Å². The van der Waals surface area contributed by atoms with E-state index in [4.69, 9.17) is 10.5 Å². The Balaban J connectivity index is 1.88. The van der Waals surface area contributed by atoms with Crippen LogP contribution in [0, 0.1) is 5.41 Å². The van der Waals surface area contributed by atoms with E-state index >= 15 is 0 Å². The number of nitrogens with zero attached hydrogens (tertiary/aromatic N) is 1. The molecule has 14 heavy (non-hydrogen) atoms. The standard InChI is InChI=1S/C11H16N2O/c12-8-11(5-3-6-11)9-14-10-4-1-2-7-13-10/h1-2,4,7H,3,5-6,8-9,12H2. The van der Waals surface area contributed by atoms with E-state index in [1.165, 1.54) is 19.3 Å². The Labute approximate surface area is 84.3 Å². The highest BCUT2D eigenvalue weighted by molar-refractivity contribution is 5.09. The van der Waals surface area contributed by atoms with Crippen molar-refractivity contribution in [1.82, 2.24) is 4.98 Å². The highest BCUT2D eigenvalue weighted by Gasteiger charge is 2.36. The number of hydrogen-bond donors (Lipinski definition) is 1. The summed E-state index contributed by atoms with van der Waals surface area (Å²) in [4.78, 5) is 4.11. The molecule has 1 aromatic heterocycles. The third kappa shape index (κ3) is 1.87. The molecule has 1 fully saturated rings. The summed E-state index contributed by atoms with van der Waals surface area (Å²) < 4.78 is 5.61. The van der Waals surface area contributed by atoms with Gasteiger partial charge in [0.25, 0.3) is 0 Å². The van der Waals surface area contributed by atoms with Crippen LogP contribution in [-0.4, -0.2) is 18.1 Å². The Morgan fingerprint density at radius 3 is 2.79 bits per heavy atom. The van der Waals surface area contributed by atoms with E-state index in [0.717, 1.165) is 6.54 Å². The fourth-order valence-corrected chi connectivity index (χ4v) is 1.74. The Morgan fingerprint density at radius 1 is 1.43 bits per heavy atom. The van der Waals surface area contributed by atoms with Crippen LogP contribution in [0.4, 0.5) is 0 Å². The average Bonchev–Trinajstić information content (AvgIpc) is 2.19. The predicted octanol–water partition coefficient (Wildman–Crippen LogP) is 1.59. The van der Waals surface area contributed by atoms with Crippen LogP contribution in [0.1, 0.15) is 19.3 Å². The van der Waals surface area contributed by atoms with Crippen LogP contribution in [0.25, 0.3) is 0 Å². The summed E-state index contributed by atoms with van der Waals surface area (Å²) >= 11 is 0. The SMILES string of the molecule is NCC1(COc2ccccn2)CCC1. The third-order valence-corrected chi connectivity index (χ3v) is 3.01. The van der Waals surface area contributed by atoms with E-state index in [2.05, 4.69) is 4.98 Å². The molecule has 0 aromatic carbocycles. The normalized spacial score (nSPS) is 18.6. The number of rotatable bonds is 4. The van der Waals surface area contributed by atoms with Crippen LogP contribution in [0.15, 0.2) is 24.4 Å². The first kappa shape index (κ1) is 9.46. The van der Waals surface area contributed by atoms with Gasteiger partial charge >= 0.3 is 0 Å². The van der Waals surface area contributed by atoms with Gasteiger partial charge < -0.3 is 10.5 Å². The number of nitrogens with two attached hydrogens (primary N) is 1. The monoisotopic (exact) mass is 192 g/mol. The van der Waals surface area contributed by atoms with E-state index in [0.29, 0.717) is 12.5 Å². The number of pyridine rings is 1. The maximum absolute atomic E-state index is 5.73. The van der Waals surface area contributed by atoms with Gasteiger partial charge in [0.2, 0.25) is 5.88 Å². The summed E-state index contributed by atoms with van der Waals surface area (Å²) in [6.07, 6.45) is 5.40. The number of ether oxygens (including phenoxy) is 1. The summed E-state index contributed by atoms with van der Waals surface area (Å²) in [6.45, 7) is 1.43. The smallest absolute Gasteiger partial charge is 0.213 e. The maximum atomic E-state index is 5.73. The lowest BCUT2D eigenvalue weighted by molar-refractivity contribution is 0.0643. The van der Waals surface area contributed by atoms with Gasteiger partial charge in [-0.3, -0.25) is 0 Å². The largest absolute Gasteiger partial charge is 0.477 e. The van der Waals surface area contributed by atoms with Gasteiger partial charge in [-0.1, -0.05) is 12.5 Å². The van der Waals surface area contributed by atoms with Gasteiger partial charge in [0.05, 0.1) is 6.61 Å². The summed E-state index contributed by atoms with van der Waals surface area (Å²) in [7, 11) is 0. The van der Waals surface area contributed by atoms with Gasteiger partial charge in [-0.05, 0) is 18.9 Å². The fraction of sp³-hybridized carbons (Fsp3) is 0.545. The molecule has 0 atom stereocenters. The molecule has 1 aliphatic carbocycles. The first-order chi connectivity index (χ1) is 6.85. The molecule has 2 N–H and O–H groups in total. The minimum Gasteiger partial charge on any atom is -0.477 e. The lowest BCUT2D eigenvalue weighted by Crippen LogP contribution is -2.42. The zero-order valence-electron chi connectivity index (χ0n) is 8.28. The van der Waals surface area contributed by atoms with Crippen LogP contribution >= 0.6 is 0 Å². The molecular formula is C11H16N2O. The topological polar surface area (TPSA) is 48.1 Å². The highest BCUT2D eigenvalue weighted by Crippen LogP contribution is 2.39. The Morgan fingerprint density at radius 2 is 2.29 bits per heavy atom. The molecule has 0 radical (unpaired) electrons. The van der Waals surface area contributed by atoms with E-state index in [1.807, 2.05) is 18.2 Å². The molecular weight excluding hydrogens is 176 g/mol. The summed E-state index contributed by atoms with van der Waals surface area (Å²) in [5.74, 6) is 0.701. The Kier molecular flexibility index (Phi) is 2.68. The summed E-state index contributed by atoms with van der Waals surface area (Å²) in [6, 6.07) is 5.69. The van der Waals surface area contributed by atoms with Crippen LogP contribution in [0.2, 0.25) is 0 Å². The van der Waals surface area contributed by atoms with Gasteiger partial charge in [-0.2, -0.15) is 0 Å². The van der Waals surface area contributed by atoms with Crippen molar-refractivity contribution < 1.29 is 4.74 Å². The van der Waals surface area contributed by atoms with Crippen molar-refractivity contribution in [3.63, 3.8) is 0 Å². The van der Waals surface area contributed by atoms with Crippen LogP contribution in [0.5, 0.6) is 5.88 Å². The van der Waals surface area contributed by atoms with Crippen LogP contribution < -0.4 is 10.5 Å². The van der Waals surface area contributed by atoms with Crippen molar-refractivity contribution in [1.29, 1.82) is 0 Å². The van der Waals surface area contributed by atoms with Gasteiger partial charge in [-0.25, -0.2) is 4.98 Å². The highest BCUT2D eigenvalue weighted by atomic mass is 16.5. The van der Waals surface area contributed by atoms with Crippen molar-refractivity contribution in [3.8, 4) is 5.88 Å². The average molecular weight is 192 g/mol. The van der Waals surface area contributed by atoms with Gasteiger partial charge in [0.15, 0.2) is 0 Å². The molecule has 3 nitrogen and oxygen atoms in total. The Bertz CT molecular complexity index is 277. The molecule has 1 heterocycles. The van der Waals surface area contributed by atoms with Crippen molar-refractivity contribution in [2.45, 2.75) is 19.3 Å². The van der Waals surface area contributed by atoms with E-state index < -0.39 is 0 Å². The van der Waals surface area contributed by atoms with E-state index in [-0.39, 0.29) is 5.41 Å². The Hall–Kier alpha value is -1.09. The van der Waals surface area contributed by atoms with Crippen LogP contribution in [0.3, 0.4) is 0 Å². The quantitative estimate of drug-likeness (QED) is 0.788. The minimum absolute atomic E-state index is 0.234. The lowest BCUT2D eigenvalue weighted by atomic mass is 9.69. The predicted molar refractivity (Wildman–Crippen MR) is 55.1 cm³/mol. The molecule has 0 spiro atoms. The molecule has 1 aromatic rings. The maximum Gasteiger partial charge on any atom is 0.213 e. The van der Waals surface area contributed by atoms with Crippen molar-refractivity contribution in [2.75, 3.05) is 13.2 Å². The van der Waals surface area contributed by atoms with Gasteiger partial charge in [0.1, 0.15) is 0 Å². The summed E-state index contributed by atoms with van der Waals surface area (Å²) in [5.41, 5.74) is 5.97. The van der Waals surface area contributed by atoms with Gasteiger partial charge in [-0.15, -0.1) is 0 Å². The second-order valence-corrected chi connectivity index (χ2v) is 4.01. The first-order valence-electron chi connectivity index (χ1n) is 5.09. The molecule has 76 valence electrons. The second-order valence-electron chi connectivity index (χ2n) is 4.01. The van der Waals surface area contributed by atoms with E-state index in [1.54, 1.807) is 6.20 Å². The number of hydrogen-bond acceptors (Lipinski definition) is 3. The fourth-order valence-electron chi connectivity index (χ4n) is 1.74. The molecule has 1 saturated carbocycles.